The van der Waals surface area contributed by atoms with E-state index in [9.17, 15) is 4.79 Å². The summed E-state index contributed by atoms with van der Waals surface area (Å²) < 4.78 is 2.13. The molecule has 1 fully saturated rings. The zero-order valence-corrected chi connectivity index (χ0v) is 19.0. The molecule has 0 saturated carbocycles. The van der Waals surface area contributed by atoms with Gasteiger partial charge in [0.05, 0.1) is 6.54 Å². The Morgan fingerprint density at radius 1 is 0.968 bits per heavy atom. The van der Waals surface area contributed by atoms with Crippen LogP contribution in [0.5, 0.6) is 0 Å². The van der Waals surface area contributed by atoms with E-state index in [-0.39, 0.29) is 5.91 Å². The third kappa shape index (κ3) is 5.17. The molecule has 162 valence electrons. The van der Waals surface area contributed by atoms with Crippen molar-refractivity contribution in [2.75, 3.05) is 32.7 Å². The fourth-order valence-electron chi connectivity index (χ4n) is 3.85. The summed E-state index contributed by atoms with van der Waals surface area (Å²) in [5.74, 6) is 1.71. The Labute approximate surface area is 188 Å². The molecule has 1 saturated heterocycles. The second-order valence-corrected chi connectivity index (χ2v) is 8.72. The number of amides is 1. The highest BCUT2D eigenvalue weighted by atomic mass is 32.2. The minimum Gasteiger partial charge on any atom is -0.336 e. The van der Waals surface area contributed by atoms with E-state index in [1.54, 1.807) is 11.8 Å². The van der Waals surface area contributed by atoms with E-state index in [0.717, 1.165) is 61.4 Å². The number of carbonyl (C=O) groups is 1. The van der Waals surface area contributed by atoms with Gasteiger partial charge in [0.2, 0.25) is 0 Å². The first-order chi connectivity index (χ1) is 15.2. The van der Waals surface area contributed by atoms with Gasteiger partial charge in [-0.2, -0.15) is 0 Å². The number of carbonyl (C=O) groups excluding carboxylic acids is 1. The first-order valence-electron chi connectivity index (χ1n) is 10.8. The van der Waals surface area contributed by atoms with Gasteiger partial charge in [0.1, 0.15) is 5.82 Å². The molecule has 1 aliphatic rings. The average molecular weight is 436 g/mol. The molecule has 0 N–H and O–H groups in total. The number of hydrogen-bond acceptors (Lipinski definition) is 5. The van der Waals surface area contributed by atoms with Gasteiger partial charge in [-0.15, -0.1) is 10.2 Å². The third-order valence-electron chi connectivity index (χ3n) is 5.80. The van der Waals surface area contributed by atoms with Gasteiger partial charge in [-0.1, -0.05) is 67.2 Å². The smallest absolute Gasteiger partial charge is 0.254 e. The standard InChI is InChI=1S/C24H29N5OS/c1-3-27-13-15-28(16-14-27)23(30)22-12-8-7-11-21(22)18-31-24-26-25-19(2)29(24)17-20-9-5-4-6-10-20/h4-12H,3,13-18H2,1-2H3. The lowest BCUT2D eigenvalue weighted by Crippen LogP contribution is -2.48. The zero-order chi connectivity index (χ0) is 21.6. The van der Waals surface area contributed by atoms with Crippen molar-refractivity contribution < 1.29 is 4.79 Å². The van der Waals surface area contributed by atoms with E-state index >= 15 is 0 Å². The van der Waals surface area contributed by atoms with Crippen molar-refractivity contribution in [2.24, 2.45) is 0 Å². The van der Waals surface area contributed by atoms with Crippen molar-refractivity contribution in [3.63, 3.8) is 0 Å². The number of likely N-dealkylation sites (N-methyl/N-ethyl adjacent to an activating group) is 1. The fourth-order valence-corrected chi connectivity index (χ4v) is 4.84. The molecular formula is C24H29N5OS. The Bertz CT molecular complexity index is 1010. The maximum absolute atomic E-state index is 13.2. The van der Waals surface area contributed by atoms with Gasteiger partial charge in [-0.25, -0.2) is 0 Å². The highest BCUT2D eigenvalue weighted by molar-refractivity contribution is 7.98. The summed E-state index contributed by atoms with van der Waals surface area (Å²) in [5, 5.41) is 9.54. The molecule has 4 rings (SSSR count). The van der Waals surface area contributed by atoms with Crippen molar-refractivity contribution in [3.05, 3.63) is 77.1 Å². The minimum absolute atomic E-state index is 0.133. The number of rotatable bonds is 7. The highest BCUT2D eigenvalue weighted by Crippen LogP contribution is 2.25. The van der Waals surface area contributed by atoms with Crippen LogP contribution in [0.4, 0.5) is 0 Å². The summed E-state index contributed by atoms with van der Waals surface area (Å²) in [4.78, 5) is 17.6. The maximum atomic E-state index is 13.2. The number of hydrogen-bond donors (Lipinski definition) is 0. The first-order valence-corrected chi connectivity index (χ1v) is 11.8. The van der Waals surface area contributed by atoms with Crippen LogP contribution in [0, 0.1) is 6.92 Å². The summed E-state index contributed by atoms with van der Waals surface area (Å²) in [5.41, 5.74) is 3.06. The predicted octanol–water partition coefficient (Wildman–Crippen LogP) is 3.70. The zero-order valence-electron chi connectivity index (χ0n) is 18.2. The summed E-state index contributed by atoms with van der Waals surface area (Å²) in [6.45, 7) is 9.40. The minimum atomic E-state index is 0.133. The molecule has 6 nitrogen and oxygen atoms in total. The molecule has 3 aromatic rings. The largest absolute Gasteiger partial charge is 0.336 e. The van der Waals surface area contributed by atoms with E-state index in [1.165, 1.54) is 5.56 Å². The Kier molecular flexibility index (Phi) is 7.04. The number of aryl methyl sites for hydroxylation is 1. The highest BCUT2D eigenvalue weighted by Gasteiger charge is 2.23. The Hall–Kier alpha value is -2.64. The lowest BCUT2D eigenvalue weighted by Gasteiger charge is -2.34. The monoisotopic (exact) mass is 435 g/mol. The quantitative estimate of drug-likeness (QED) is 0.530. The van der Waals surface area contributed by atoms with Crippen LogP contribution in [0.2, 0.25) is 0 Å². The summed E-state index contributed by atoms with van der Waals surface area (Å²) in [6, 6.07) is 18.3. The maximum Gasteiger partial charge on any atom is 0.254 e. The van der Waals surface area contributed by atoms with Crippen molar-refractivity contribution >= 4 is 17.7 Å². The van der Waals surface area contributed by atoms with Crippen molar-refractivity contribution in [1.29, 1.82) is 0 Å². The molecule has 7 heteroatoms. The molecule has 0 atom stereocenters. The van der Waals surface area contributed by atoms with E-state index in [0.29, 0.717) is 5.75 Å². The number of benzene rings is 2. The molecule has 2 aromatic carbocycles. The van der Waals surface area contributed by atoms with Crippen molar-refractivity contribution in [2.45, 2.75) is 31.3 Å². The molecule has 0 radical (unpaired) electrons. The van der Waals surface area contributed by atoms with Gasteiger partial charge < -0.3 is 14.4 Å². The second kappa shape index (κ2) is 10.1. The second-order valence-electron chi connectivity index (χ2n) is 7.77. The lowest BCUT2D eigenvalue weighted by atomic mass is 10.1. The average Bonchev–Trinajstić information content (AvgIpc) is 3.17. The van der Waals surface area contributed by atoms with Gasteiger partial charge in [-0.05, 0) is 30.7 Å². The summed E-state index contributed by atoms with van der Waals surface area (Å²) in [7, 11) is 0. The van der Waals surface area contributed by atoms with Gasteiger partial charge in [0.15, 0.2) is 5.16 Å². The summed E-state index contributed by atoms with van der Waals surface area (Å²) >= 11 is 1.63. The molecule has 2 heterocycles. The first kappa shape index (κ1) is 21.6. The Balaban J connectivity index is 1.46. The van der Waals surface area contributed by atoms with Gasteiger partial charge in [0, 0.05) is 37.5 Å². The van der Waals surface area contributed by atoms with Gasteiger partial charge in [-0.3, -0.25) is 4.79 Å². The van der Waals surface area contributed by atoms with Crippen LogP contribution < -0.4 is 0 Å². The van der Waals surface area contributed by atoms with Crippen LogP contribution >= 0.6 is 11.8 Å². The molecule has 0 unspecified atom stereocenters. The lowest BCUT2D eigenvalue weighted by molar-refractivity contribution is 0.0642. The molecule has 0 spiro atoms. The van der Waals surface area contributed by atoms with Crippen LogP contribution in [-0.2, 0) is 12.3 Å². The number of piperazine rings is 1. The van der Waals surface area contributed by atoms with Crippen LogP contribution in [0.1, 0.15) is 34.2 Å². The predicted molar refractivity (Wildman–Crippen MR) is 124 cm³/mol. The molecule has 31 heavy (non-hydrogen) atoms. The molecule has 0 bridgehead atoms. The number of nitrogens with zero attached hydrogens (tertiary/aromatic N) is 5. The molecular weight excluding hydrogens is 406 g/mol. The van der Waals surface area contributed by atoms with E-state index in [4.69, 9.17) is 0 Å². The van der Waals surface area contributed by atoms with Crippen molar-refractivity contribution in [1.82, 2.24) is 24.6 Å². The van der Waals surface area contributed by atoms with E-state index in [2.05, 4.69) is 38.7 Å². The normalized spacial score (nSPS) is 14.7. The van der Waals surface area contributed by atoms with Crippen LogP contribution in [0.15, 0.2) is 59.8 Å². The molecule has 1 aliphatic heterocycles. The molecule has 0 aliphatic carbocycles. The Morgan fingerprint density at radius 2 is 1.68 bits per heavy atom. The number of aromatic nitrogens is 3. The number of thioether (sulfide) groups is 1. The molecule has 1 amide bonds. The van der Waals surface area contributed by atoms with Gasteiger partial charge in [0.25, 0.3) is 5.91 Å². The van der Waals surface area contributed by atoms with E-state index < -0.39 is 0 Å². The molecule has 1 aromatic heterocycles. The fraction of sp³-hybridized carbons (Fsp3) is 0.375. The van der Waals surface area contributed by atoms with Crippen LogP contribution in [0.25, 0.3) is 0 Å². The summed E-state index contributed by atoms with van der Waals surface area (Å²) in [6.07, 6.45) is 0. The SMILES string of the molecule is CCN1CCN(C(=O)c2ccccc2CSc2nnc(C)n2Cc2ccccc2)CC1. The van der Waals surface area contributed by atoms with E-state index in [1.807, 2.05) is 54.3 Å². The van der Waals surface area contributed by atoms with Crippen LogP contribution in [0.3, 0.4) is 0 Å². The Morgan fingerprint density at radius 3 is 2.42 bits per heavy atom. The van der Waals surface area contributed by atoms with Gasteiger partial charge >= 0.3 is 0 Å². The third-order valence-corrected chi connectivity index (χ3v) is 6.81. The van der Waals surface area contributed by atoms with Crippen molar-refractivity contribution in [3.8, 4) is 0 Å². The van der Waals surface area contributed by atoms with Crippen LogP contribution in [-0.4, -0.2) is 63.2 Å². The topological polar surface area (TPSA) is 54.3 Å².